The first-order chi connectivity index (χ1) is 12.6. The Balaban J connectivity index is 1.38. The summed E-state index contributed by atoms with van der Waals surface area (Å²) < 4.78 is 0. The molecule has 4 rings (SSSR count). The molecule has 0 spiro atoms. The first kappa shape index (κ1) is 17.3. The molecule has 134 valence electrons. The van der Waals surface area contributed by atoms with E-state index in [9.17, 15) is 9.90 Å². The average molecular weight is 386 g/mol. The topological polar surface area (TPSA) is 75.1 Å². The van der Waals surface area contributed by atoms with Crippen molar-refractivity contribution in [3.63, 3.8) is 0 Å². The molecule has 0 radical (unpaired) electrons. The van der Waals surface area contributed by atoms with Crippen LogP contribution in [-0.2, 0) is 24.2 Å². The number of benzene rings is 1. The zero-order valence-electron chi connectivity index (χ0n) is 14.4. The van der Waals surface area contributed by atoms with Crippen LogP contribution in [0.25, 0.3) is 10.6 Å². The second kappa shape index (κ2) is 7.26. The first-order valence-electron chi connectivity index (χ1n) is 8.52. The fourth-order valence-electron chi connectivity index (χ4n) is 3.42. The number of nitrogens with one attached hydrogen (secondary N) is 1. The van der Waals surface area contributed by atoms with Gasteiger partial charge in [0.2, 0.25) is 5.91 Å². The molecule has 2 N–H and O–H groups in total. The van der Waals surface area contributed by atoms with Gasteiger partial charge in [0, 0.05) is 11.8 Å². The van der Waals surface area contributed by atoms with E-state index in [0.717, 1.165) is 29.1 Å². The monoisotopic (exact) mass is 385 g/mol. The summed E-state index contributed by atoms with van der Waals surface area (Å²) in [6.07, 6.45) is 2.45. The fourth-order valence-corrected chi connectivity index (χ4v) is 5.10. The molecule has 2 aromatic heterocycles. The normalized spacial score (nSPS) is 13.8. The number of hydrogen-bond acceptors (Lipinski definition) is 6. The van der Waals surface area contributed by atoms with Crippen molar-refractivity contribution in [1.29, 1.82) is 0 Å². The third-order valence-electron chi connectivity index (χ3n) is 4.57. The van der Waals surface area contributed by atoms with Crippen molar-refractivity contribution < 1.29 is 9.90 Å². The number of aromatic nitrogens is 2. The number of anilines is 1. The van der Waals surface area contributed by atoms with E-state index in [1.807, 2.05) is 12.3 Å². The molecule has 0 fully saturated rings. The molecule has 0 aliphatic heterocycles. The molecule has 3 aromatic rings. The molecular formula is C19H19N3O2S2. The van der Waals surface area contributed by atoms with Crippen LogP contribution in [0.5, 0.6) is 0 Å². The molecule has 0 bridgehead atoms. The molecule has 5 nitrogen and oxygen atoms in total. The summed E-state index contributed by atoms with van der Waals surface area (Å²) in [5, 5.41) is 15.4. The van der Waals surface area contributed by atoms with Crippen LogP contribution >= 0.6 is 22.7 Å². The minimum atomic E-state index is -0.0665. The lowest BCUT2D eigenvalue weighted by Gasteiger charge is -2.07. The van der Waals surface area contributed by atoms with Crippen LogP contribution < -0.4 is 5.32 Å². The van der Waals surface area contributed by atoms with Gasteiger partial charge in [-0.05, 0) is 36.8 Å². The van der Waals surface area contributed by atoms with Crippen molar-refractivity contribution in [2.24, 2.45) is 5.92 Å². The van der Waals surface area contributed by atoms with Gasteiger partial charge < -0.3 is 10.4 Å². The number of aliphatic hydroxyl groups excluding tert-OH is 1. The molecule has 2 heterocycles. The summed E-state index contributed by atoms with van der Waals surface area (Å²) in [7, 11) is 0. The van der Waals surface area contributed by atoms with E-state index in [0.29, 0.717) is 22.5 Å². The van der Waals surface area contributed by atoms with Crippen molar-refractivity contribution >= 4 is 33.7 Å². The van der Waals surface area contributed by atoms with Crippen LogP contribution in [0.4, 0.5) is 5.13 Å². The predicted octanol–water partition coefficient (Wildman–Crippen LogP) is 3.81. The number of carbonyl (C=O) groups is 1. The number of nitrogens with zero attached hydrogens (tertiary/aromatic N) is 2. The summed E-state index contributed by atoms with van der Waals surface area (Å²) in [5.74, 6) is 0.378. The highest BCUT2D eigenvalue weighted by molar-refractivity contribution is 7.17. The maximum Gasteiger partial charge on any atom is 0.226 e. The summed E-state index contributed by atoms with van der Waals surface area (Å²) in [6.45, 7) is 1.84. The average Bonchev–Trinajstić information content (AvgIpc) is 3.32. The minimum Gasteiger partial charge on any atom is -0.389 e. The van der Waals surface area contributed by atoms with Gasteiger partial charge in [0.15, 0.2) is 5.13 Å². The number of amides is 1. The Kier molecular flexibility index (Phi) is 4.84. The Morgan fingerprint density at radius 3 is 2.65 bits per heavy atom. The van der Waals surface area contributed by atoms with E-state index < -0.39 is 0 Å². The van der Waals surface area contributed by atoms with Crippen molar-refractivity contribution in [2.45, 2.75) is 32.8 Å². The molecular weight excluding hydrogens is 366 g/mol. The number of rotatable bonds is 5. The molecule has 26 heavy (non-hydrogen) atoms. The van der Waals surface area contributed by atoms with Gasteiger partial charge in [-0.3, -0.25) is 4.79 Å². The molecule has 1 aliphatic carbocycles. The van der Waals surface area contributed by atoms with Crippen LogP contribution in [0, 0.1) is 12.8 Å². The third kappa shape index (κ3) is 3.56. The van der Waals surface area contributed by atoms with E-state index in [4.69, 9.17) is 0 Å². The molecule has 1 aromatic carbocycles. The van der Waals surface area contributed by atoms with Crippen LogP contribution in [0.1, 0.15) is 28.2 Å². The van der Waals surface area contributed by atoms with Crippen LogP contribution in [0.2, 0.25) is 0 Å². The summed E-state index contributed by atoms with van der Waals surface area (Å²) >= 11 is 2.85. The number of carbonyl (C=O) groups excluding carboxylic acids is 1. The van der Waals surface area contributed by atoms with Crippen molar-refractivity contribution in [1.82, 2.24) is 9.97 Å². The third-order valence-corrected chi connectivity index (χ3v) is 6.49. The van der Waals surface area contributed by atoms with Crippen LogP contribution in [0.15, 0.2) is 29.6 Å². The number of aliphatic hydroxyl groups is 1. The van der Waals surface area contributed by atoms with Gasteiger partial charge in [-0.15, -0.1) is 22.7 Å². The SMILES string of the molecule is Cc1nc(CO)sc1-c1csc(NC(=O)CC2Cc3ccccc3C2)n1. The number of hydrogen-bond donors (Lipinski definition) is 2. The Bertz CT molecular complexity index is 923. The van der Waals surface area contributed by atoms with E-state index >= 15 is 0 Å². The Hall–Kier alpha value is -2.09. The second-order valence-corrected chi connectivity index (χ2v) is 8.46. The van der Waals surface area contributed by atoms with Gasteiger partial charge >= 0.3 is 0 Å². The number of fused-ring (bicyclic) bond motifs is 1. The number of aryl methyl sites for hydroxylation is 1. The van der Waals surface area contributed by atoms with E-state index in [-0.39, 0.29) is 12.5 Å². The summed E-state index contributed by atoms with van der Waals surface area (Å²) in [6, 6.07) is 8.42. The molecule has 7 heteroatoms. The van der Waals surface area contributed by atoms with E-state index in [2.05, 4.69) is 39.6 Å². The zero-order valence-corrected chi connectivity index (χ0v) is 16.0. The van der Waals surface area contributed by atoms with Gasteiger partial charge in [-0.25, -0.2) is 9.97 Å². The van der Waals surface area contributed by atoms with Gasteiger partial charge in [0.1, 0.15) is 5.01 Å². The zero-order chi connectivity index (χ0) is 18.1. The lowest BCUT2D eigenvalue weighted by molar-refractivity contribution is -0.117. The maximum absolute atomic E-state index is 12.4. The Morgan fingerprint density at radius 1 is 1.27 bits per heavy atom. The quantitative estimate of drug-likeness (QED) is 0.700. The lowest BCUT2D eigenvalue weighted by Crippen LogP contribution is -2.16. The summed E-state index contributed by atoms with van der Waals surface area (Å²) in [5.41, 5.74) is 4.38. The van der Waals surface area contributed by atoms with Crippen LogP contribution in [0.3, 0.4) is 0 Å². The largest absolute Gasteiger partial charge is 0.389 e. The standard InChI is InChI=1S/C19H19N3O2S2/c1-11-18(26-17(9-23)20-11)15-10-25-19(21-15)22-16(24)8-12-6-13-4-2-3-5-14(13)7-12/h2-5,10,12,23H,6-9H2,1H3,(H,21,22,24). The first-order valence-corrected chi connectivity index (χ1v) is 10.2. The van der Waals surface area contributed by atoms with Gasteiger partial charge in [-0.1, -0.05) is 24.3 Å². The second-order valence-electron chi connectivity index (χ2n) is 6.51. The van der Waals surface area contributed by atoms with Gasteiger partial charge in [0.05, 0.1) is 22.9 Å². The van der Waals surface area contributed by atoms with Crippen molar-refractivity contribution in [3.05, 3.63) is 51.5 Å². The molecule has 1 aliphatic rings. The lowest BCUT2D eigenvalue weighted by atomic mass is 10.0. The predicted molar refractivity (Wildman–Crippen MR) is 104 cm³/mol. The van der Waals surface area contributed by atoms with E-state index in [1.165, 1.54) is 33.8 Å². The molecule has 0 saturated heterocycles. The highest BCUT2D eigenvalue weighted by atomic mass is 32.1. The summed E-state index contributed by atoms with van der Waals surface area (Å²) in [4.78, 5) is 22.2. The maximum atomic E-state index is 12.4. The van der Waals surface area contributed by atoms with Crippen LogP contribution in [-0.4, -0.2) is 21.0 Å². The van der Waals surface area contributed by atoms with Gasteiger partial charge in [-0.2, -0.15) is 0 Å². The molecule has 0 unspecified atom stereocenters. The number of thiazole rings is 2. The van der Waals surface area contributed by atoms with Gasteiger partial charge in [0.25, 0.3) is 0 Å². The Morgan fingerprint density at radius 2 is 2.00 bits per heavy atom. The Labute approximate surface area is 159 Å². The molecule has 0 atom stereocenters. The highest BCUT2D eigenvalue weighted by Gasteiger charge is 2.23. The van der Waals surface area contributed by atoms with E-state index in [1.54, 1.807) is 0 Å². The molecule has 0 saturated carbocycles. The van der Waals surface area contributed by atoms with Crippen molar-refractivity contribution in [3.8, 4) is 10.6 Å². The van der Waals surface area contributed by atoms with Crippen molar-refractivity contribution in [2.75, 3.05) is 5.32 Å². The fraction of sp³-hybridized carbons (Fsp3) is 0.316. The molecule has 1 amide bonds. The highest BCUT2D eigenvalue weighted by Crippen LogP contribution is 2.33. The smallest absolute Gasteiger partial charge is 0.226 e. The minimum absolute atomic E-state index is 0.0146.